The molecule has 0 bridgehead atoms. The van der Waals surface area contributed by atoms with Gasteiger partial charge in [-0.2, -0.15) is 0 Å². The molecular weight excluding hydrogens is 484 g/mol. The number of benzene rings is 2. The predicted molar refractivity (Wildman–Crippen MR) is 145 cm³/mol. The van der Waals surface area contributed by atoms with Gasteiger partial charge in [-0.1, -0.05) is 48.5 Å². The van der Waals surface area contributed by atoms with E-state index in [1.807, 2.05) is 42.5 Å². The second-order valence-electron chi connectivity index (χ2n) is 10.8. The molecule has 0 saturated carbocycles. The van der Waals surface area contributed by atoms with Crippen LogP contribution in [0.25, 0.3) is 0 Å². The maximum Gasteiger partial charge on any atom is 0.313 e. The van der Waals surface area contributed by atoms with E-state index >= 15 is 0 Å². The van der Waals surface area contributed by atoms with Gasteiger partial charge in [-0.05, 0) is 43.9 Å². The molecule has 2 aromatic carbocycles. The summed E-state index contributed by atoms with van der Waals surface area (Å²) >= 11 is 0. The number of ether oxygens (including phenoxy) is 1. The van der Waals surface area contributed by atoms with Crippen molar-refractivity contribution >= 4 is 23.5 Å². The number of hydrogen-bond acceptors (Lipinski definition) is 6. The number of nitrogens with two attached hydrogens (primary N) is 2. The number of anilines is 1. The maximum absolute atomic E-state index is 13.6. The molecule has 10 nitrogen and oxygen atoms in total. The first-order valence-electron chi connectivity index (χ1n) is 13.0. The van der Waals surface area contributed by atoms with Crippen molar-refractivity contribution in [2.24, 2.45) is 11.5 Å². The monoisotopic (exact) mass is 522 g/mol. The first kappa shape index (κ1) is 27.4. The Bertz CT molecular complexity index is 1140. The molecule has 38 heavy (non-hydrogen) atoms. The summed E-state index contributed by atoms with van der Waals surface area (Å²) in [6.07, 6.45) is 1.52. The fourth-order valence-electron chi connectivity index (χ4n) is 5.24. The molecule has 1 atom stereocenters. The average molecular weight is 523 g/mol. The Balaban J connectivity index is 1.43. The van der Waals surface area contributed by atoms with Gasteiger partial charge in [0.1, 0.15) is 6.04 Å². The van der Waals surface area contributed by atoms with Gasteiger partial charge in [0.05, 0.1) is 25.4 Å². The molecule has 2 aromatic rings. The second-order valence-corrected chi connectivity index (χ2v) is 10.8. The molecule has 204 valence electrons. The second kappa shape index (κ2) is 11.4. The van der Waals surface area contributed by atoms with Crippen LogP contribution >= 0.6 is 0 Å². The molecule has 1 saturated heterocycles. The quantitative estimate of drug-likeness (QED) is 0.392. The minimum Gasteiger partial charge on any atom is -0.374 e. The minimum absolute atomic E-state index is 0.0482. The number of urea groups is 1. The smallest absolute Gasteiger partial charge is 0.313 e. The lowest BCUT2D eigenvalue weighted by Crippen LogP contribution is -2.59. The Morgan fingerprint density at radius 1 is 1.05 bits per heavy atom. The third-order valence-electron chi connectivity index (χ3n) is 7.37. The topological polar surface area (TPSA) is 143 Å². The van der Waals surface area contributed by atoms with E-state index in [0.29, 0.717) is 26.4 Å². The highest BCUT2D eigenvalue weighted by Crippen LogP contribution is 2.46. The van der Waals surface area contributed by atoms with Crippen molar-refractivity contribution in [1.82, 2.24) is 15.5 Å². The van der Waals surface area contributed by atoms with E-state index in [4.69, 9.17) is 16.2 Å². The van der Waals surface area contributed by atoms with Crippen molar-refractivity contribution in [2.45, 2.75) is 50.3 Å². The highest BCUT2D eigenvalue weighted by Gasteiger charge is 2.45. The van der Waals surface area contributed by atoms with E-state index in [9.17, 15) is 14.4 Å². The van der Waals surface area contributed by atoms with Gasteiger partial charge in [-0.25, -0.2) is 4.79 Å². The lowest BCUT2D eigenvalue weighted by atomic mass is 9.74. The van der Waals surface area contributed by atoms with E-state index in [0.717, 1.165) is 30.6 Å². The van der Waals surface area contributed by atoms with Crippen molar-refractivity contribution in [3.05, 3.63) is 65.7 Å². The SMILES string of the molecule is CC(C)(N)C(=O)N[C@H](COCc1ccccc1)C(=O)N1CCC2(CC1)CN(CNC(N)=O)c1ccccc12. The van der Waals surface area contributed by atoms with Crippen LogP contribution in [0.3, 0.4) is 0 Å². The molecule has 0 radical (unpaired) electrons. The number of fused-ring (bicyclic) bond motifs is 2. The largest absolute Gasteiger partial charge is 0.374 e. The van der Waals surface area contributed by atoms with Crippen LogP contribution in [0.5, 0.6) is 0 Å². The predicted octanol–water partition coefficient (Wildman–Crippen LogP) is 1.43. The third kappa shape index (κ3) is 6.25. The standard InChI is InChI=1S/C28H38N6O4/c1-27(2,30)25(36)32-22(17-38-16-20-8-4-3-5-9-20)24(35)33-14-12-28(13-15-33)18-34(19-31-26(29)37)23-11-7-6-10-21(23)28/h3-11,22H,12-19,30H2,1-2H3,(H,32,36)(H3,29,31,37)/t22-/m1/s1. The number of carbonyl (C=O) groups is 3. The number of nitrogens with one attached hydrogen (secondary N) is 2. The van der Waals surface area contributed by atoms with Crippen LogP contribution in [0.4, 0.5) is 10.5 Å². The van der Waals surface area contributed by atoms with Gasteiger partial charge >= 0.3 is 6.03 Å². The Labute approximate surface area is 223 Å². The lowest BCUT2D eigenvalue weighted by molar-refractivity contribution is -0.140. The zero-order valence-electron chi connectivity index (χ0n) is 22.1. The summed E-state index contributed by atoms with van der Waals surface area (Å²) in [4.78, 5) is 41.5. The summed E-state index contributed by atoms with van der Waals surface area (Å²) in [5, 5.41) is 5.50. The van der Waals surface area contributed by atoms with Gasteiger partial charge in [0, 0.05) is 30.7 Å². The van der Waals surface area contributed by atoms with E-state index in [1.165, 1.54) is 5.56 Å². The van der Waals surface area contributed by atoms with Gasteiger partial charge in [0.2, 0.25) is 11.8 Å². The zero-order chi connectivity index (χ0) is 27.3. The van der Waals surface area contributed by atoms with E-state index in [1.54, 1.807) is 18.7 Å². The molecule has 0 aromatic heterocycles. The molecule has 4 rings (SSSR count). The molecule has 2 heterocycles. The summed E-state index contributed by atoms with van der Waals surface area (Å²) in [6.45, 7) is 5.75. The maximum atomic E-state index is 13.6. The number of para-hydroxylation sites is 1. The van der Waals surface area contributed by atoms with Gasteiger partial charge in [-0.15, -0.1) is 0 Å². The first-order valence-corrected chi connectivity index (χ1v) is 13.0. The van der Waals surface area contributed by atoms with Gasteiger partial charge < -0.3 is 36.6 Å². The van der Waals surface area contributed by atoms with Gasteiger partial charge in [-0.3, -0.25) is 9.59 Å². The van der Waals surface area contributed by atoms with Crippen LogP contribution in [0, 0.1) is 0 Å². The molecule has 4 amide bonds. The molecule has 0 aliphatic carbocycles. The molecule has 2 aliphatic heterocycles. The van der Waals surface area contributed by atoms with E-state index < -0.39 is 23.5 Å². The fourth-order valence-corrected chi connectivity index (χ4v) is 5.24. The summed E-state index contributed by atoms with van der Waals surface area (Å²) < 4.78 is 5.85. The van der Waals surface area contributed by atoms with Crippen LogP contribution in [-0.4, -0.2) is 67.2 Å². The third-order valence-corrected chi connectivity index (χ3v) is 7.37. The molecule has 1 fully saturated rings. The van der Waals surface area contributed by atoms with Gasteiger partial charge in [0.25, 0.3) is 0 Å². The number of nitrogens with zero attached hydrogens (tertiary/aromatic N) is 2. The Morgan fingerprint density at radius 2 is 1.71 bits per heavy atom. The minimum atomic E-state index is -1.13. The van der Waals surface area contributed by atoms with Crippen LogP contribution in [0.15, 0.2) is 54.6 Å². The molecule has 6 N–H and O–H groups in total. The van der Waals surface area contributed by atoms with Crippen molar-refractivity contribution in [2.75, 3.05) is 37.8 Å². The number of carbonyl (C=O) groups excluding carboxylic acids is 3. The normalized spacial score (nSPS) is 17.1. The van der Waals surface area contributed by atoms with Crippen LogP contribution in [0.1, 0.15) is 37.8 Å². The molecule has 0 unspecified atom stereocenters. The van der Waals surface area contributed by atoms with Crippen molar-refractivity contribution in [3.8, 4) is 0 Å². The number of likely N-dealkylation sites (tertiary alicyclic amines) is 1. The average Bonchev–Trinajstić information content (AvgIpc) is 3.20. The fraction of sp³-hybridized carbons (Fsp3) is 0.464. The van der Waals surface area contributed by atoms with Gasteiger partial charge in [0.15, 0.2) is 0 Å². The van der Waals surface area contributed by atoms with E-state index in [-0.39, 0.29) is 17.9 Å². The number of piperidine rings is 1. The highest BCUT2D eigenvalue weighted by molar-refractivity contribution is 5.91. The van der Waals surface area contributed by atoms with Crippen LogP contribution in [0.2, 0.25) is 0 Å². The van der Waals surface area contributed by atoms with Crippen molar-refractivity contribution in [1.29, 1.82) is 0 Å². The van der Waals surface area contributed by atoms with Crippen molar-refractivity contribution < 1.29 is 19.1 Å². The summed E-state index contributed by atoms with van der Waals surface area (Å²) in [7, 11) is 0. The Kier molecular flexibility index (Phi) is 8.23. The number of hydrogen-bond donors (Lipinski definition) is 4. The number of primary amides is 1. The van der Waals surface area contributed by atoms with Crippen molar-refractivity contribution in [3.63, 3.8) is 0 Å². The lowest BCUT2D eigenvalue weighted by Gasteiger charge is -2.41. The number of rotatable bonds is 9. The van der Waals surface area contributed by atoms with Crippen LogP contribution in [-0.2, 0) is 26.3 Å². The van der Waals surface area contributed by atoms with Crippen LogP contribution < -0.4 is 27.0 Å². The van der Waals surface area contributed by atoms with E-state index in [2.05, 4.69) is 27.7 Å². The first-order chi connectivity index (χ1) is 18.1. The summed E-state index contributed by atoms with van der Waals surface area (Å²) in [5.74, 6) is -0.584. The molecule has 1 spiro atoms. The Hall–Kier alpha value is -3.63. The molecule has 10 heteroatoms. The zero-order valence-corrected chi connectivity index (χ0v) is 22.1. The Morgan fingerprint density at radius 3 is 2.37 bits per heavy atom. The molecular formula is C28H38N6O4. The summed E-state index contributed by atoms with van der Waals surface area (Å²) in [5.41, 5.74) is 13.3. The molecule has 2 aliphatic rings. The highest BCUT2D eigenvalue weighted by atomic mass is 16.5. The summed E-state index contributed by atoms with van der Waals surface area (Å²) in [6, 6.07) is 16.5. The number of amides is 4.